The molecule has 164 valence electrons. The summed E-state index contributed by atoms with van der Waals surface area (Å²) in [6.45, 7) is 13.0. The van der Waals surface area contributed by atoms with E-state index in [1.165, 1.54) is 25.9 Å². The van der Waals surface area contributed by atoms with Gasteiger partial charge in [-0.05, 0) is 76.3 Å². The van der Waals surface area contributed by atoms with Crippen LogP contribution in [0.3, 0.4) is 0 Å². The van der Waals surface area contributed by atoms with Gasteiger partial charge in [0.15, 0.2) is 0 Å². The molecule has 1 aromatic carbocycles. The number of anilines is 1. The molecule has 1 aromatic rings. The molecule has 0 saturated carbocycles. The molecule has 1 aliphatic rings. The van der Waals surface area contributed by atoms with Crippen molar-refractivity contribution in [2.45, 2.75) is 71.8 Å². The largest absolute Gasteiger partial charge is 0.494 e. The molecular weight excluding hydrogens is 364 g/mol. The quantitative estimate of drug-likeness (QED) is 0.492. The minimum atomic E-state index is -0.786. The maximum Gasteiger partial charge on any atom is 0.256 e. The van der Waals surface area contributed by atoms with Gasteiger partial charge in [0, 0.05) is 25.4 Å². The first-order chi connectivity index (χ1) is 14.0. The number of nitrogens with one attached hydrogen (secondary N) is 1. The SMILES string of the molecule is CCCC[C@@](C)(OCC)C(=O)Nc1ccc(OCCCN2CCC[C@H](C)C2)cc1. The van der Waals surface area contributed by atoms with Crippen molar-refractivity contribution in [3.05, 3.63) is 24.3 Å². The van der Waals surface area contributed by atoms with Crippen molar-refractivity contribution in [1.82, 2.24) is 4.90 Å². The van der Waals surface area contributed by atoms with Gasteiger partial charge in [-0.25, -0.2) is 0 Å². The molecule has 1 amide bonds. The predicted octanol–water partition coefficient (Wildman–Crippen LogP) is 5.11. The fraction of sp³-hybridized carbons (Fsp3) is 0.708. The van der Waals surface area contributed by atoms with E-state index in [4.69, 9.17) is 9.47 Å². The number of carbonyl (C=O) groups excluding carboxylic acids is 1. The second-order valence-corrected chi connectivity index (χ2v) is 8.50. The Bertz CT molecular complexity index is 605. The summed E-state index contributed by atoms with van der Waals surface area (Å²) in [5.41, 5.74) is -0.0154. The lowest BCUT2D eigenvalue weighted by Crippen LogP contribution is -2.42. The number of piperidine rings is 1. The smallest absolute Gasteiger partial charge is 0.256 e. The summed E-state index contributed by atoms with van der Waals surface area (Å²) in [7, 11) is 0. The fourth-order valence-corrected chi connectivity index (χ4v) is 3.95. The summed E-state index contributed by atoms with van der Waals surface area (Å²) in [6, 6.07) is 7.63. The normalized spacial score (nSPS) is 19.5. The third-order valence-electron chi connectivity index (χ3n) is 5.69. The Kier molecular flexibility index (Phi) is 9.95. The second-order valence-electron chi connectivity index (χ2n) is 8.50. The summed E-state index contributed by atoms with van der Waals surface area (Å²) < 4.78 is 11.6. The van der Waals surface area contributed by atoms with Gasteiger partial charge in [-0.3, -0.25) is 4.79 Å². The molecule has 29 heavy (non-hydrogen) atoms. The second kappa shape index (κ2) is 12.2. The van der Waals surface area contributed by atoms with E-state index in [0.29, 0.717) is 6.61 Å². The van der Waals surface area contributed by atoms with Crippen LogP contribution in [0.2, 0.25) is 0 Å². The number of amides is 1. The molecule has 5 nitrogen and oxygen atoms in total. The van der Waals surface area contributed by atoms with E-state index in [1.54, 1.807) is 0 Å². The van der Waals surface area contributed by atoms with Crippen LogP contribution in [0, 0.1) is 5.92 Å². The average Bonchev–Trinajstić information content (AvgIpc) is 2.71. The maximum atomic E-state index is 12.7. The maximum absolute atomic E-state index is 12.7. The first-order valence-corrected chi connectivity index (χ1v) is 11.4. The number of rotatable bonds is 12. The Morgan fingerprint density at radius 2 is 2.00 bits per heavy atom. The number of nitrogens with zero attached hydrogens (tertiary/aromatic N) is 1. The van der Waals surface area contributed by atoms with Crippen LogP contribution < -0.4 is 10.1 Å². The van der Waals surface area contributed by atoms with E-state index in [1.807, 2.05) is 38.1 Å². The van der Waals surface area contributed by atoms with Gasteiger partial charge in [-0.15, -0.1) is 0 Å². The average molecular weight is 405 g/mol. The van der Waals surface area contributed by atoms with Crippen LogP contribution in [0.1, 0.15) is 66.2 Å². The van der Waals surface area contributed by atoms with Gasteiger partial charge in [0.05, 0.1) is 6.61 Å². The number of hydrogen-bond acceptors (Lipinski definition) is 4. The van der Waals surface area contributed by atoms with E-state index in [9.17, 15) is 4.79 Å². The van der Waals surface area contributed by atoms with Gasteiger partial charge in [0.2, 0.25) is 0 Å². The van der Waals surface area contributed by atoms with E-state index in [-0.39, 0.29) is 5.91 Å². The topological polar surface area (TPSA) is 50.8 Å². The zero-order valence-electron chi connectivity index (χ0n) is 18.8. The minimum Gasteiger partial charge on any atom is -0.494 e. The summed E-state index contributed by atoms with van der Waals surface area (Å²) in [5, 5.41) is 2.99. The Hall–Kier alpha value is -1.59. The lowest BCUT2D eigenvalue weighted by Gasteiger charge is -2.30. The minimum absolute atomic E-state index is 0.0859. The summed E-state index contributed by atoms with van der Waals surface area (Å²) >= 11 is 0. The zero-order chi connectivity index (χ0) is 21.1. The first-order valence-electron chi connectivity index (χ1n) is 11.4. The van der Waals surface area contributed by atoms with Gasteiger partial charge in [0.1, 0.15) is 11.4 Å². The van der Waals surface area contributed by atoms with Crippen LogP contribution in [-0.2, 0) is 9.53 Å². The fourth-order valence-electron chi connectivity index (χ4n) is 3.95. The van der Waals surface area contributed by atoms with Gasteiger partial charge in [0.25, 0.3) is 5.91 Å². The number of ether oxygens (including phenoxy) is 2. The van der Waals surface area contributed by atoms with E-state index < -0.39 is 5.60 Å². The molecule has 0 aliphatic carbocycles. The molecule has 5 heteroatoms. The molecule has 0 unspecified atom stereocenters. The van der Waals surface area contributed by atoms with Crippen LogP contribution in [0.25, 0.3) is 0 Å². The van der Waals surface area contributed by atoms with E-state index in [0.717, 1.165) is 56.2 Å². The number of likely N-dealkylation sites (tertiary alicyclic amines) is 1. The lowest BCUT2D eigenvalue weighted by molar-refractivity contribution is -0.139. The highest BCUT2D eigenvalue weighted by Crippen LogP contribution is 2.23. The Morgan fingerprint density at radius 1 is 1.24 bits per heavy atom. The molecule has 1 N–H and O–H groups in total. The predicted molar refractivity (Wildman–Crippen MR) is 120 cm³/mol. The first kappa shape index (κ1) is 23.7. The van der Waals surface area contributed by atoms with Crippen molar-refractivity contribution in [3.8, 4) is 5.75 Å². The van der Waals surface area contributed by atoms with Crippen LogP contribution in [-0.4, -0.2) is 49.3 Å². The van der Waals surface area contributed by atoms with Crippen LogP contribution in [0.15, 0.2) is 24.3 Å². The molecule has 0 spiro atoms. The monoisotopic (exact) mass is 404 g/mol. The van der Waals surface area contributed by atoms with E-state index >= 15 is 0 Å². The summed E-state index contributed by atoms with van der Waals surface area (Å²) in [4.78, 5) is 15.3. The Balaban J connectivity index is 1.76. The molecule has 2 rings (SSSR count). The molecule has 1 fully saturated rings. The van der Waals surface area contributed by atoms with Crippen molar-refractivity contribution in [2.24, 2.45) is 5.92 Å². The molecule has 0 radical (unpaired) electrons. The van der Waals surface area contributed by atoms with Gasteiger partial charge >= 0.3 is 0 Å². The van der Waals surface area contributed by atoms with Crippen LogP contribution in [0.5, 0.6) is 5.75 Å². The Morgan fingerprint density at radius 3 is 2.66 bits per heavy atom. The number of carbonyl (C=O) groups is 1. The molecule has 0 aromatic heterocycles. The van der Waals surface area contributed by atoms with E-state index in [2.05, 4.69) is 24.1 Å². The summed E-state index contributed by atoms with van der Waals surface area (Å²) in [6.07, 6.45) is 6.44. The van der Waals surface area contributed by atoms with Gasteiger partial charge in [-0.1, -0.05) is 26.7 Å². The third-order valence-corrected chi connectivity index (χ3v) is 5.69. The highest BCUT2D eigenvalue weighted by atomic mass is 16.5. The molecule has 1 saturated heterocycles. The molecule has 2 atom stereocenters. The zero-order valence-corrected chi connectivity index (χ0v) is 18.8. The molecular formula is C24H40N2O3. The molecule has 0 bridgehead atoms. The van der Waals surface area contributed by atoms with Gasteiger partial charge in [-0.2, -0.15) is 0 Å². The lowest BCUT2D eigenvalue weighted by atomic mass is 9.97. The Labute approximate surface area is 177 Å². The van der Waals surface area contributed by atoms with Crippen molar-refractivity contribution < 1.29 is 14.3 Å². The van der Waals surface area contributed by atoms with Gasteiger partial charge < -0.3 is 19.7 Å². The number of unbranched alkanes of at least 4 members (excludes halogenated alkanes) is 1. The van der Waals surface area contributed by atoms with Crippen molar-refractivity contribution >= 4 is 11.6 Å². The number of benzene rings is 1. The third kappa shape index (κ3) is 7.98. The molecule has 1 heterocycles. The molecule has 1 aliphatic heterocycles. The van der Waals surface area contributed by atoms with Crippen molar-refractivity contribution in [2.75, 3.05) is 38.2 Å². The standard InChI is InChI=1S/C24H40N2O3/c1-5-7-15-24(4,29-6-2)23(27)25-21-11-13-22(14-12-21)28-18-9-17-26-16-8-10-20(3)19-26/h11-14,20H,5-10,15-19H2,1-4H3,(H,25,27)/t20-,24+/m0/s1. The van der Waals surface area contributed by atoms with Crippen LogP contribution >= 0.6 is 0 Å². The highest BCUT2D eigenvalue weighted by Gasteiger charge is 2.33. The van der Waals surface area contributed by atoms with Crippen LogP contribution in [0.4, 0.5) is 5.69 Å². The van der Waals surface area contributed by atoms with Crippen molar-refractivity contribution in [1.29, 1.82) is 0 Å². The van der Waals surface area contributed by atoms with Crippen molar-refractivity contribution in [3.63, 3.8) is 0 Å². The highest BCUT2D eigenvalue weighted by molar-refractivity contribution is 5.97. The number of hydrogen-bond donors (Lipinski definition) is 1. The summed E-state index contributed by atoms with van der Waals surface area (Å²) in [5.74, 6) is 1.57.